The Hall–Kier alpha value is -3.85. The van der Waals surface area contributed by atoms with Crippen molar-refractivity contribution in [3.05, 3.63) is 65.4 Å². The smallest absolute Gasteiger partial charge is 0.342 e. The SMILES string of the molecule is CCOC(=O)c1c(C)oc2ccc(NS(=O)(=O)c3ccc4c5c(cccc35)C(=O)N4C)cc12. The Kier molecular flexibility index (Phi) is 4.68. The van der Waals surface area contributed by atoms with Gasteiger partial charge in [-0.1, -0.05) is 12.1 Å². The molecule has 33 heavy (non-hydrogen) atoms. The van der Waals surface area contributed by atoms with Gasteiger partial charge in [0.2, 0.25) is 0 Å². The number of nitrogens with one attached hydrogen (secondary N) is 1. The number of carbonyl (C=O) groups is 2. The fraction of sp³-hybridized carbons (Fsp3) is 0.167. The van der Waals surface area contributed by atoms with E-state index < -0.39 is 16.0 Å². The molecule has 168 valence electrons. The number of rotatable bonds is 5. The first-order valence-corrected chi connectivity index (χ1v) is 11.8. The minimum Gasteiger partial charge on any atom is -0.462 e. The number of carbonyl (C=O) groups excluding carboxylic acids is 2. The molecular weight excluding hydrogens is 444 g/mol. The number of amides is 1. The Bertz CT molecular complexity index is 1590. The summed E-state index contributed by atoms with van der Waals surface area (Å²) in [5, 5.41) is 1.53. The molecule has 1 aliphatic rings. The topological polar surface area (TPSA) is 106 Å². The number of hydrogen-bond acceptors (Lipinski definition) is 6. The molecule has 1 aliphatic heterocycles. The molecule has 0 unspecified atom stereocenters. The van der Waals surface area contributed by atoms with E-state index in [0.717, 1.165) is 0 Å². The Balaban J connectivity index is 1.60. The van der Waals surface area contributed by atoms with Crippen LogP contribution in [0.1, 0.15) is 33.4 Å². The summed E-state index contributed by atoms with van der Waals surface area (Å²) in [5.74, 6) is -0.315. The fourth-order valence-corrected chi connectivity index (χ4v) is 5.55. The summed E-state index contributed by atoms with van der Waals surface area (Å²) in [6, 6.07) is 12.9. The molecule has 5 rings (SSSR count). The first-order chi connectivity index (χ1) is 15.7. The second-order valence-electron chi connectivity index (χ2n) is 7.75. The van der Waals surface area contributed by atoms with Crippen LogP contribution in [0.4, 0.5) is 11.4 Å². The molecule has 2 heterocycles. The van der Waals surface area contributed by atoms with Crippen LogP contribution in [0.15, 0.2) is 57.8 Å². The second-order valence-corrected chi connectivity index (χ2v) is 9.40. The second kappa shape index (κ2) is 7.35. The lowest BCUT2D eigenvalue weighted by Gasteiger charge is -2.13. The van der Waals surface area contributed by atoms with Gasteiger partial charge in [0.1, 0.15) is 16.9 Å². The molecule has 0 saturated carbocycles. The largest absolute Gasteiger partial charge is 0.462 e. The van der Waals surface area contributed by atoms with Crippen molar-refractivity contribution >= 4 is 55.0 Å². The van der Waals surface area contributed by atoms with E-state index in [4.69, 9.17) is 9.15 Å². The summed E-state index contributed by atoms with van der Waals surface area (Å²) < 4.78 is 40.0. The van der Waals surface area contributed by atoms with E-state index in [1.165, 1.54) is 11.0 Å². The zero-order valence-electron chi connectivity index (χ0n) is 18.1. The molecule has 0 saturated heterocycles. The van der Waals surface area contributed by atoms with E-state index >= 15 is 0 Å². The highest BCUT2D eigenvalue weighted by Gasteiger charge is 2.30. The highest BCUT2D eigenvalue weighted by Crippen LogP contribution is 2.40. The Morgan fingerprint density at radius 2 is 1.91 bits per heavy atom. The van der Waals surface area contributed by atoms with Crippen molar-refractivity contribution in [2.24, 2.45) is 0 Å². The minimum atomic E-state index is -4.01. The van der Waals surface area contributed by atoms with E-state index in [-0.39, 0.29) is 28.7 Å². The number of furan rings is 1. The predicted molar refractivity (Wildman–Crippen MR) is 124 cm³/mol. The monoisotopic (exact) mass is 464 g/mol. The van der Waals surface area contributed by atoms with Crippen molar-refractivity contribution in [2.45, 2.75) is 18.7 Å². The predicted octanol–water partition coefficient (Wildman–Crippen LogP) is 4.46. The number of ether oxygens (including phenoxy) is 1. The first kappa shape index (κ1) is 21.0. The van der Waals surface area contributed by atoms with Crippen molar-refractivity contribution < 1.29 is 27.2 Å². The van der Waals surface area contributed by atoms with Gasteiger partial charge in [0.05, 0.1) is 17.2 Å². The molecule has 1 aromatic heterocycles. The average molecular weight is 464 g/mol. The number of benzene rings is 3. The summed E-state index contributed by atoms with van der Waals surface area (Å²) in [4.78, 5) is 26.4. The van der Waals surface area contributed by atoms with Crippen molar-refractivity contribution in [1.82, 2.24) is 0 Å². The van der Waals surface area contributed by atoms with Gasteiger partial charge in [0, 0.05) is 34.5 Å². The summed E-state index contributed by atoms with van der Waals surface area (Å²) in [5.41, 5.74) is 2.12. The molecule has 9 heteroatoms. The normalized spacial score (nSPS) is 13.2. The van der Waals surface area contributed by atoms with Gasteiger partial charge in [-0.05, 0) is 50.2 Å². The van der Waals surface area contributed by atoms with E-state index in [1.807, 2.05) is 0 Å². The highest BCUT2D eigenvalue weighted by atomic mass is 32.2. The highest BCUT2D eigenvalue weighted by molar-refractivity contribution is 7.93. The molecule has 0 spiro atoms. The lowest BCUT2D eigenvalue weighted by Crippen LogP contribution is -2.20. The van der Waals surface area contributed by atoms with Gasteiger partial charge >= 0.3 is 5.97 Å². The van der Waals surface area contributed by atoms with Crippen LogP contribution in [-0.2, 0) is 14.8 Å². The molecule has 8 nitrogen and oxygen atoms in total. The van der Waals surface area contributed by atoms with Gasteiger partial charge < -0.3 is 14.1 Å². The Labute approximate surface area is 189 Å². The molecule has 1 N–H and O–H groups in total. The van der Waals surface area contributed by atoms with Gasteiger partial charge in [0.15, 0.2) is 0 Å². The van der Waals surface area contributed by atoms with Crippen LogP contribution in [0.5, 0.6) is 0 Å². The number of aryl methyl sites for hydroxylation is 1. The Morgan fingerprint density at radius 1 is 1.12 bits per heavy atom. The van der Waals surface area contributed by atoms with Crippen LogP contribution >= 0.6 is 0 Å². The zero-order chi connectivity index (χ0) is 23.5. The van der Waals surface area contributed by atoms with E-state index in [0.29, 0.717) is 38.8 Å². The van der Waals surface area contributed by atoms with E-state index in [2.05, 4.69) is 4.72 Å². The number of fused-ring (bicyclic) bond motifs is 1. The average Bonchev–Trinajstić information content (AvgIpc) is 3.23. The van der Waals surface area contributed by atoms with Crippen LogP contribution in [0.3, 0.4) is 0 Å². The molecule has 0 aliphatic carbocycles. The molecule has 0 atom stereocenters. The summed E-state index contributed by atoms with van der Waals surface area (Å²) in [6.45, 7) is 3.57. The zero-order valence-corrected chi connectivity index (χ0v) is 18.9. The molecule has 0 bridgehead atoms. The van der Waals surface area contributed by atoms with Gasteiger partial charge in [-0.25, -0.2) is 13.2 Å². The fourth-order valence-electron chi connectivity index (χ4n) is 4.29. The summed E-state index contributed by atoms with van der Waals surface area (Å²) >= 11 is 0. The molecule has 4 aromatic rings. The maximum atomic E-state index is 13.4. The lowest BCUT2D eigenvalue weighted by molar-refractivity contribution is 0.0526. The number of hydrogen-bond donors (Lipinski definition) is 1. The molecule has 3 aromatic carbocycles. The van der Waals surface area contributed by atoms with E-state index in [9.17, 15) is 18.0 Å². The van der Waals surface area contributed by atoms with Crippen molar-refractivity contribution in [1.29, 1.82) is 0 Å². The molecule has 0 fully saturated rings. The number of sulfonamides is 1. The number of anilines is 2. The molecular formula is C24H20N2O6S. The van der Waals surface area contributed by atoms with Crippen LogP contribution in [-0.4, -0.2) is 33.9 Å². The summed E-state index contributed by atoms with van der Waals surface area (Å²) in [7, 11) is -2.35. The number of nitrogens with zero attached hydrogens (tertiary/aromatic N) is 1. The van der Waals surface area contributed by atoms with Gasteiger partial charge in [-0.3, -0.25) is 9.52 Å². The van der Waals surface area contributed by atoms with Crippen LogP contribution in [0, 0.1) is 6.92 Å². The molecule has 0 radical (unpaired) electrons. The third-order valence-corrected chi connectivity index (χ3v) is 7.20. The van der Waals surface area contributed by atoms with Crippen molar-refractivity contribution in [2.75, 3.05) is 23.3 Å². The Morgan fingerprint density at radius 3 is 2.67 bits per heavy atom. The van der Waals surface area contributed by atoms with Gasteiger partial charge in [-0.2, -0.15) is 0 Å². The van der Waals surface area contributed by atoms with Crippen molar-refractivity contribution in [3.8, 4) is 0 Å². The standard InChI is InChI=1S/C24H20N2O6S/c1-4-31-24(28)21-13(2)32-19-10-8-14(12-17(19)21)25-33(29,30)20-11-9-18-22-15(20)6-5-7-16(22)23(27)26(18)3/h5-12,25H,4H2,1-3H3. The third-order valence-electron chi connectivity index (χ3n) is 5.76. The molecule has 1 amide bonds. The first-order valence-electron chi connectivity index (χ1n) is 10.3. The quantitative estimate of drug-likeness (QED) is 0.437. The van der Waals surface area contributed by atoms with Crippen LogP contribution in [0.2, 0.25) is 0 Å². The minimum absolute atomic E-state index is 0.0558. The van der Waals surface area contributed by atoms with Crippen LogP contribution in [0.25, 0.3) is 21.7 Å². The lowest BCUT2D eigenvalue weighted by atomic mass is 10.1. The summed E-state index contributed by atoms with van der Waals surface area (Å²) in [6.07, 6.45) is 0. The van der Waals surface area contributed by atoms with Crippen LogP contribution < -0.4 is 9.62 Å². The maximum Gasteiger partial charge on any atom is 0.342 e. The van der Waals surface area contributed by atoms with Gasteiger partial charge in [-0.15, -0.1) is 0 Å². The maximum absolute atomic E-state index is 13.4. The van der Waals surface area contributed by atoms with E-state index in [1.54, 1.807) is 63.4 Å². The van der Waals surface area contributed by atoms with Gasteiger partial charge in [0.25, 0.3) is 15.9 Å². The third kappa shape index (κ3) is 3.15. The van der Waals surface area contributed by atoms with Crippen molar-refractivity contribution in [3.63, 3.8) is 0 Å². The number of esters is 1.